The SMILES string of the molecule is C=C(C)C(=O)OCCc1ccc(/C=C/C(=O)Oc2ccc(OC(=O)C(=C)C)cc2)c(F)c1. The summed E-state index contributed by atoms with van der Waals surface area (Å²) in [7, 11) is 0. The number of halogens is 1. The van der Waals surface area contributed by atoms with Crippen LogP contribution < -0.4 is 9.47 Å². The second kappa shape index (κ2) is 11.4. The predicted octanol–water partition coefficient (Wildman–Crippen LogP) is 4.59. The van der Waals surface area contributed by atoms with E-state index in [4.69, 9.17) is 14.2 Å². The van der Waals surface area contributed by atoms with E-state index in [0.29, 0.717) is 17.6 Å². The summed E-state index contributed by atoms with van der Waals surface area (Å²) in [6, 6.07) is 10.4. The van der Waals surface area contributed by atoms with Crippen LogP contribution in [0.25, 0.3) is 6.08 Å². The number of carbonyl (C=O) groups excluding carboxylic acids is 3. The lowest BCUT2D eigenvalue weighted by Gasteiger charge is -2.06. The molecule has 7 heteroatoms. The van der Waals surface area contributed by atoms with Crippen molar-refractivity contribution >= 4 is 24.0 Å². The highest BCUT2D eigenvalue weighted by molar-refractivity contribution is 5.89. The molecule has 0 atom stereocenters. The second-order valence-corrected chi connectivity index (χ2v) is 6.92. The molecule has 32 heavy (non-hydrogen) atoms. The van der Waals surface area contributed by atoms with E-state index in [1.165, 1.54) is 49.4 Å². The van der Waals surface area contributed by atoms with Gasteiger partial charge in [-0.25, -0.2) is 18.8 Å². The number of carbonyl (C=O) groups is 3. The molecule has 2 aromatic carbocycles. The van der Waals surface area contributed by atoms with E-state index < -0.39 is 23.7 Å². The monoisotopic (exact) mass is 438 g/mol. The van der Waals surface area contributed by atoms with E-state index in [9.17, 15) is 18.8 Å². The maximum absolute atomic E-state index is 14.3. The molecule has 0 radical (unpaired) electrons. The lowest BCUT2D eigenvalue weighted by atomic mass is 10.1. The van der Waals surface area contributed by atoms with E-state index >= 15 is 0 Å². The zero-order chi connectivity index (χ0) is 23.7. The normalized spacial score (nSPS) is 10.5. The third kappa shape index (κ3) is 7.68. The van der Waals surface area contributed by atoms with Crippen LogP contribution in [0.2, 0.25) is 0 Å². The van der Waals surface area contributed by atoms with Crippen LogP contribution in [-0.2, 0) is 25.5 Å². The van der Waals surface area contributed by atoms with Crippen LogP contribution in [-0.4, -0.2) is 24.5 Å². The number of hydrogen-bond donors (Lipinski definition) is 0. The number of ether oxygens (including phenoxy) is 3. The fourth-order valence-electron chi connectivity index (χ4n) is 2.32. The molecule has 0 aliphatic rings. The highest BCUT2D eigenvalue weighted by Crippen LogP contribution is 2.19. The molecular weight excluding hydrogens is 415 g/mol. The van der Waals surface area contributed by atoms with Gasteiger partial charge in [-0.05, 0) is 55.8 Å². The van der Waals surface area contributed by atoms with Crippen molar-refractivity contribution in [2.24, 2.45) is 0 Å². The molecule has 0 N–H and O–H groups in total. The van der Waals surface area contributed by atoms with Crippen molar-refractivity contribution in [3.05, 3.63) is 89.8 Å². The topological polar surface area (TPSA) is 78.9 Å². The van der Waals surface area contributed by atoms with Gasteiger partial charge in [-0.15, -0.1) is 0 Å². The highest BCUT2D eigenvalue weighted by Gasteiger charge is 2.08. The minimum Gasteiger partial charge on any atom is -0.462 e. The Morgan fingerprint density at radius 2 is 1.50 bits per heavy atom. The van der Waals surface area contributed by atoms with Gasteiger partial charge in [-0.1, -0.05) is 25.3 Å². The van der Waals surface area contributed by atoms with Crippen molar-refractivity contribution in [3.63, 3.8) is 0 Å². The minimum absolute atomic E-state index is 0.109. The first kappa shape index (κ1) is 24.3. The van der Waals surface area contributed by atoms with Gasteiger partial charge in [-0.2, -0.15) is 0 Å². The first-order valence-corrected chi connectivity index (χ1v) is 9.64. The average molecular weight is 438 g/mol. The Kier molecular flexibility index (Phi) is 8.65. The molecule has 166 valence electrons. The van der Waals surface area contributed by atoms with Crippen molar-refractivity contribution < 1.29 is 33.0 Å². The van der Waals surface area contributed by atoms with Crippen molar-refractivity contribution in [3.8, 4) is 11.5 Å². The fourth-order valence-corrected chi connectivity index (χ4v) is 2.32. The van der Waals surface area contributed by atoms with E-state index in [2.05, 4.69) is 13.2 Å². The molecule has 0 heterocycles. The molecule has 0 bridgehead atoms. The largest absolute Gasteiger partial charge is 0.462 e. The smallest absolute Gasteiger partial charge is 0.338 e. The average Bonchev–Trinajstić information content (AvgIpc) is 2.74. The Morgan fingerprint density at radius 3 is 2.06 bits per heavy atom. The molecule has 0 spiro atoms. The molecule has 0 aromatic heterocycles. The molecule has 0 fully saturated rings. The lowest BCUT2D eigenvalue weighted by molar-refractivity contribution is -0.138. The van der Waals surface area contributed by atoms with Gasteiger partial charge in [0, 0.05) is 29.2 Å². The van der Waals surface area contributed by atoms with Crippen LogP contribution in [0.3, 0.4) is 0 Å². The van der Waals surface area contributed by atoms with Crippen molar-refractivity contribution in [2.75, 3.05) is 6.61 Å². The van der Waals surface area contributed by atoms with Gasteiger partial charge >= 0.3 is 17.9 Å². The van der Waals surface area contributed by atoms with Gasteiger partial charge in [0.25, 0.3) is 0 Å². The molecule has 0 amide bonds. The van der Waals surface area contributed by atoms with Gasteiger partial charge < -0.3 is 14.2 Å². The molecular formula is C25H23FO6. The summed E-state index contributed by atoms with van der Waals surface area (Å²) in [5.41, 5.74) is 1.40. The van der Waals surface area contributed by atoms with Crippen LogP contribution in [0.4, 0.5) is 4.39 Å². The fraction of sp³-hybridized carbons (Fsp3) is 0.160. The standard InChI is InChI=1S/C25H23FO6/c1-16(2)24(28)30-14-13-18-5-6-19(22(26)15-18)7-12-23(27)31-20-8-10-21(11-9-20)32-25(29)17(3)4/h5-12,15H,1,3,13-14H2,2,4H3/b12-7+. The van der Waals surface area contributed by atoms with E-state index in [1.54, 1.807) is 13.0 Å². The Bertz CT molecular complexity index is 1070. The molecule has 0 saturated carbocycles. The van der Waals surface area contributed by atoms with Gasteiger partial charge in [0.2, 0.25) is 0 Å². The number of esters is 3. The van der Waals surface area contributed by atoms with Crippen LogP contribution >= 0.6 is 0 Å². The molecule has 6 nitrogen and oxygen atoms in total. The van der Waals surface area contributed by atoms with Crippen molar-refractivity contribution in [1.82, 2.24) is 0 Å². The summed E-state index contributed by atoms with van der Waals surface area (Å²) in [6.07, 6.45) is 2.74. The zero-order valence-corrected chi connectivity index (χ0v) is 17.9. The first-order chi connectivity index (χ1) is 15.2. The van der Waals surface area contributed by atoms with E-state index in [0.717, 1.165) is 6.08 Å². The number of rotatable bonds is 9. The van der Waals surface area contributed by atoms with Crippen LogP contribution in [0.5, 0.6) is 11.5 Å². The third-order valence-corrected chi connectivity index (χ3v) is 4.04. The second-order valence-electron chi connectivity index (χ2n) is 6.92. The van der Waals surface area contributed by atoms with E-state index in [1.807, 2.05) is 0 Å². The maximum Gasteiger partial charge on any atom is 0.338 e. The molecule has 0 unspecified atom stereocenters. The maximum atomic E-state index is 14.3. The van der Waals surface area contributed by atoms with Gasteiger partial charge in [-0.3, -0.25) is 0 Å². The molecule has 2 rings (SSSR count). The van der Waals surface area contributed by atoms with E-state index in [-0.39, 0.29) is 29.2 Å². The summed E-state index contributed by atoms with van der Waals surface area (Å²) in [5, 5.41) is 0. The Morgan fingerprint density at radius 1 is 0.906 bits per heavy atom. The first-order valence-electron chi connectivity index (χ1n) is 9.64. The van der Waals surface area contributed by atoms with Gasteiger partial charge in [0.15, 0.2) is 0 Å². The summed E-state index contributed by atoms with van der Waals surface area (Å²) >= 11 is 0. The zero-order valence-electron chi connectivity index (χ0n) is 17.9. The van der Waals surface area contributed by atoms with Crippen molar-refractivity contribution in [2.45, 2.75) is 20.3 Å². The lowest BCUT2D eigenvalue weighted by Crippen LogP contribution is -2.08. The Hall–Kier alpha value is -4.00. The molecule has 0 saturated heterocycles. The summed E-state index contributed by atoms with van der Waals surface area (Å²) in [4.78, 5) is 34.8. The summed E-state index contributed by atoms with van der Waals surface area (Å²) in [6.45, 7) is 10.2. The number of benzene rings is 2. The van der Waals surface area contributed by atoms with Crippen molar-refractivity contribution in [1.29, 1.82) is 0 Å². The van der Waals surface area contributed by atoms with Gasteiger partial charge in [0.1, 0.15) is 17.3 Å². The quantitative estimate of drug-likeness (QED) is 0.324. The summed E-state index contributed by atoms with van der Waals surface area (Å²) in [5.74, 6) is -1.77. The Labute approximate surface area is 185 Å². The minimum atomic E-state index is -0.702. The molecule has 2 aromatic rings. The van der Waals surface area contributed by atoms with Crippen LogP contribution in [0.1, 0.15) is 25.0 Å². The summed E-state index contributed by atoms with van der Waals surface area (Å²) < 4.78 is 29.4. The van der Waals surface area contributed by atoms with Gasteiger partial charge in [0.05, 0.1) is 6.61 Å². The third-order valence-electron chi connectivity index (χ3n) is 4.04. The highest BCUT2D eigenvalue weighted by atomic mass is 19.1. The van der Waals surface area contributed by atoms with Crippen LogP contribution in [0, 0.1) is 5.82 Å². The van der Waals surface area contributed by atoms with Crippen LogP contribution in [0.15, 0.2) is 72.8 Å². The molecule has 0 aliphatic carbocycles. The molecule has 0 aliphatic heterocycles. The predicted molar refractivity (Wildman–Crippen MR) is 117 cm³/mol. The number of hydrogen-bond acceptors (Lipinski definition) is 6. The Balaban J connectivity index is 1.90.